The highest BCUT2D eigenvalue weighted by Gasteiger charge is 2.30. The summed E-state index contributed by atoms with van der Waals surface area (Å²) in [5.41, 5.74) is -0.777. The van der Waals surface area contributed by atoms with Crippen molar-refractivity contribution in [2.45, 2.75) is 4.90 Å². The van der Waals surface area contributed by atoms with Gasteiger partial charge in [0.25, 0.3) is 0 Å². The fourth-order valence-electron chi connectivity index (χ4n) is 1.40. The molecule has 0 radical (unpaired) electrons. The Bertz CT molecular complexity index is 749. The Morgan fingerprint density at radius 3 is 2.19 bits per heavy atom. The lowest BCUT2D eigenvalue weighted by atomic mass is 10.2. The molecule has 1 aromatic rings. The lowest BCUT2D eigenvalue weighted by molar-refractivity contribution is 0.0696. The number of benzene rings is 1. The van der Waals surface area contributed by atoms with Crippen LogP contribution in [0.4, 0.5) is 8.78 Å². The Hall–Kier alpha value is -2.56. The standard InChI is InChI=1S/C11H7F2N3O4S/c12-8-5-7(11(17)18)6-9(10(8)13)21(19,20)16(3-1-14)4-2-15/h5-6H,3-4H2,(H,17,18). The normalized spacial score (nSPS) is 10.9. The van der Waals surface area contributed by atoms with Gasteiger partial charge in [0.1, 0.15) is 18.0 Å². The second-order valence-corrected chi connectivity index (χ2v) is 5.57. The van der Waals surface area contributed by atoms with Crippen LogP contribution in [-0.4, -0.2) is 36.9 Å². The minimum atomic E-state index is -4.72. The van der Waals surface area contributed by atoms with Gasteiger partial charge in [-0.25, -0.2) is 22.0 Å². The molecule has 0 saturated carbocycles. The van der Waals surface area contributed by atoms with Crippen molar-refractivity contribution in [3.63, 3.8) is 0 Å². The highest BCUT2D eigenvalue weighted by molar-refractivity contribution is 7.89. The van der Waals surface area contributed by atoms with Crippen LogP contribution >= 0.6 is 0 Å². The van der Waals surface area contributed by atoms with Gasteiger partial charge in [-0.1, -0.05) is 0 Å². The summed E-state index contributed by atoms with van der Waals surface area (Å²) < 4.78 is 51.4. The maximum atomic E-state index is 13.6. The predicted octanol–water partition coefficient (Wildman–Crippen LogP) is 0.701. The lowest BCUT2D eigenvalue weighted by Gasteiger charge is -2.16. The first kappa shape index (κ1) is 16.5. The number of sulfonamides is 1. The Labute approximate surface area is 118 Å². The van der Waals surface area contributed by atoms with Crippen LogP contribution in [0, 0.1) is 34.3 Å². The van der Waals surface area contributed by atoms with Gasteiger partial charge in [0.05, 0.1) is 17.7 Å². The lowest BCUT2D eigenvalue weighted by Crippen LogP contribution is -2.32. The second-order valence-electron chi connectivity index (χ2n) is 3.66. The number of aromatic carboxylic acids is 1. The molecule has 7 nitrogen and oxygen atoms in total. The first-order valence-corrected chi connectivity index (χ1v) is 6.66. The molecule has 1 aromatic carbocycles. The van der Waals surface area contributed by atoms with Crippen molar-refractivity contribution in [1.82, 2.24) is 4.31 Å². The SMILES string of the molecule is N#CCN(CC#N)S(=O)(=O)c1cc(C(=O)O)cc(F)c1F. The molecule has 0 aliphatic rings. The van der Waals surface area contributed by atoms with Crippen LogP contribution in [0.1, 0.15) is 10.4 Å². The average molecular weight is 315 g/mol. The first-order chi connectivity index (χ1) is 9.75. The molecule has 21 heavy (non-hydrogen) atoms. The monoisotopic (exact) mass is 315 g/mol. The fraction of sp³-hybridized carbons (Fsp3) is 0.182. The number of halogens is 2. The van der Waals surface area contributed by atoms with Crippen LogP contribution in [0.5, 0.6) is 0 Å². The van der Waals surface area contributed by atoms with E-state index in [9.17, 15) is 22.0 Å². The Balaban J connectivity index is 3.54. The molecule has 0 spiro atoms. The predicted molar refractivity (Wildman–Crippen MR) is 63.3 cm³/mol. The molecule has 0 aliphatic heterocycles. The van der Waals surface area contributed by atoms with Crippen molar-refractivity contribution < 1.29 is 27.1 Å². The zero-order valence-electron chi connectivity index (χ0n) is 10.2. The molecule has 10 heteroatoms. The molecule has 0 heterocycles. The van der Waals surface area contributed by atoms with E-state index in [4.69, 9.17) is 15.6 Å². The highest BCUT2D eigenvalue weighted by atomic mass is 32.2. The van der Waals surface area contributed by atoms with E-state index < -0.39 is 51.2 Å². The van der Waals surface area contributed by atoms with Crippen molar-refractivity contribution in [3.05, 3.63) is 29.3 Å². The van der Waals surface area contributed by atoms with Gasteiger partial charge >= 0.3 is 5.97 Å². The van der Waals surface area contributed by atoms with Crippen LogP contribution in [0.15, 0.2) is 17.0 Å². The van der Waals surface area contributed by atoms with Crippen molar-refractivity contribution >= 4 is 16.0 Å². The molecule has 0 aromatic heterocycles. The summed E-state index contributed by atoms with van der Waals surface area (Å²) in [5, 5.41) is 25.8. The summed E-state index contributed by atoms with van der Waals surface area (Å²) in [6.45, 7) is -1.54. The van der Waals surface area contributed by atoms with E-state index in [-0.39, 0.29) is 0 Å². The highest BCUT2D eigenvalue weighted by Crippen LogP contribution is 2.23. The van der Waals surface area contributed by atoms with Crippen molar-refractivity contribution in [2.75, 3.05) is 13.1 Å². The first-order valence-electron chi connectivity index (χ1n) is 5.22. The van der Waals surface area contributed by atoms with Gasteiger partial charge in [0.15, 0.2) is 11.6 Å². The van der Waals surface area contributed by atoms with Crippen molar-refractivity contribution in [3.8, 4) is 12.1 Å². The summed E-state index contributed by atoms with van der Waals surface area (Å²) >= 11 is 0. The molecule has 110 valence electrons. The minimum absolute atomic E-state index is 0.302. The van der Waals surface area contributed by atoms with Gasteiger partial charge < -0.3 is 5.11 Å². The van der Waals surface area contributed by atoms with Crippen molar-refractivity contribution in [1.29, 1.82) is 10.5 Å². The average Bonchev–Trinajstić information content (AvgIpc) is 2.40. The van der Waals surface area contributed by atoms with Crippen LogP contribution < -0.4 is 0 Å². The fourth-order valence-corrected chi connectivity index (χ4v) is 2.73. The molecule has 0 saturated heterocycles. The Morgan fingerprint density at radius 2 is 1.76 bits per heavy atom. The number of hydrogen-bond acceptors (Lipinski definition) is 5. The van der Waals surface area contributed by atoms with E-state index in [0.29, 0.717) is 16.4 Å². The maximum Gasteiger partial charge on any atom is 0.335 e. The summed E-state index contributed by atoms with van der Waals surface area (Å²) in [6.07, 6.45) is 0. The number of nitrogens with zero attached hydrogens (tertiary/aromatic N) is 3. The van der Waals surface area contributed by atoms with Crippen molar-refractivity contribution in [2.24, 2.45) is 0 Å². The summed E-state index contributed by atoms with van der Waals surface area (Å²) in [5.74, 6) is -5.10. The van der Waals surface area contributed by atoms with E-state index in [0.717, 1.165) is 0 Å². The van der Waals surface area contributed by atoms with E-state index in [2.05, 4.69) is 0 Å². The van der Waals surface area contributed by atoms with E-state index >= 15 is 0 Å². The van der Waals surface area contributed by atoms with Crippen LogP contribution in [0.2, 0.25) is 0 Å². The van der Waals surface area contributed by atoms with Gasteiger partial charge in [0.2, 0.25) is 10.0 Å². The molecule has 1 N–H and O–H groups in total. The number of carboxylic acid groups (broad SMARTS) is 1. The molecular weight excluding hydrogens is 308 g/mol. The summed E-state index contributed by atoms with van der Waals surface area (Å²) in [6, 6.07) is 3.68. The third kappa shape index (κ3) is 3.31. The quantitative estimate of drug-likeness (QED) is 0.798. The molecule has 0 aliphatic carbocycles. The Morgan fingerprint density at radius 1 is 1.24 bits per heavy atom. The van der Waals surface area contributed by atoms with E-state index in [1.165, 1.54) is 12.1 Å². The van der Waals surface area contributed by atoms with Gasteiger partial charge in [-0.2, -0.15) is 14.8 Å². The molecular formula is C11H7F2N3O4S. The Kier molecular flexibility index (Phi) is 4.92. The third-order valence-corrected chi connectivity index (χ3v) is 4.14. The zero-order valence-corrected chi connectivity index (χ0v) is 11.1. The zero-order chi connectivity index (χ0) is 16.2. The summed E-state index contributed by atoms with van der Waals surface area (Å²) in [4.78, 5) is 9.52. The van der Waals surface area contributed by atoms with E-state index in [1.54, 1.807) is 0 Å². The molecule has 0 bridgehead atoms. The summed E-state index contributed by atoms with van der Waals surface area (Å²) in [7, 11) is -4.72. The van der Waals surface area contributed by atoms with Gasteiger partial charge in [-0.15, -0.1) is 0 Å². The molecule has 0 fully saturated rings. The van der Waals surface area contributed by atoms with Gasteiger partial charge in [0, 0.05) is 0 Å². The number of hydrogen-bond donors (Lipinski definition) is 1. The number of nitriles is 2. The number of carbonyl (C=O) groups is 1. The molecule has 1 rings (SSSR count). The number of carboxylic acids is 1. The van der Waals surface area contributed by atoms with Crippen LogP contribution in [0.25, 0.3) is 0 Å². The maximum absolute atomic E-state index is 13.6. The smallest absolute Gasteiger partial charge is 0.335 e. The molecule has 0 atom stereocenters. The second kappa shape index (κ2) is 6.26. The molecule has 0 amide bonds. The topological polar surface area (TPSA) is 122 Å². The minimum Gasteiger partial charge on any atom is -0.478 e. The number of rotatable bonds is 5. The molecule has 0 unspecified atom stereocenters. The van der Waals surface area contributed by atoms with Gasteiger partial charge in [-0.05, 0) is 12.1 Å². The van der Waals surface area contributed by atoms with Gasteiger partial charge in [-0.3, -0.25) is 0 Å². The third-order valence-electron chi connectivity index (χ3n) is 2.35. The largest absolute Gasteiger partial charge is 0.478 e. The van der Waals surface area contributed by atoms with E-state index in [1.807, 2.05) is 0 Å². The van der Waals surface area contributed by atoms with Crippen LogP contribution in [-0.2, 0) is 10.0 Å². The van der Waals surface area contributed by atoms with Crippen LogP contribution in [0.3, 0.4) is 0 Å².